The Morgan fingerprint density at radius 2 is 1.54 bits per heavy atom. The summed E-state index contributed by atoms with van der Waals surface area (Å²) in [6.45, 7) is 13.0. The molecule has 0 radical (unpaired) electrons. The number of hydrogen-bond donors (Lipinski definition) is 0. The van der Waals surface area contributed by atoms with Gasteiger partial charge < -0.3 is 4.57 Å². The highest BCUT2D eigenvalue weighted by Crippen LogP contribution is 2.23. The maximum Gasteiger partial charge on any atom is 0.0630 e. The zero-order valence-corrected chi connectivity index (χ0v) is 16.7. The van der Waals surface area contributed by atoms with Crippen molar-refractivity contribution >= 4 is 11.9 Å². The van der Waals surface area contributed by atoms with Gasteiger partial charge in [-0.3, -0.25) is 4.99 Å². The average molecular weight is 345 g/mol. The van der Waals surface area contributed by atoms with E-state index in [1.165, 1.54) is 33.8 Å². The molecule has 0 aliphatic carbocycles. The summed E-state index contributed by atoms with van der Waals surface area (Å²) in [6, 6.07) is 17.3. The van der Waals surface area contributed by atoms with Crippen LogP contribution in [-0.4, -0.2) is 10.8 Å². The maximum absolute atomic E-state index is 4.68. The normalized spacial score (nSPS) is 11.7. The van der Waals surface area contributed by atoms with E-state index in [1.54, 1.807) is 0 Å². The van der Waals surface area contributed by atoms with Crippen LogP contribution in [0.5, 0.6) is 0 Å². The molecule has 26 heavy (non-hydrogen) atoms. The molecule has 0 unspecified atom stereocenters. The van der Waals surface area contributed by atoms with Crippen LogP contribution >= 0.6 is 0 Å². The van der Waals surface area contributed by atoms with Crippen LogP contribution < -0.4 is 0 Å². The minimum absolute atomic E-state index is 0.546. The van der Waals surface area contributed by atoms with Crippen molar-refractivity contribution in [3.8, 4) is 5.69 Å². The number of aryl methyl sites for hydroxylation is 3. The first kappa shape index (κ1) is 18.2. The monoisotopic (exact) mass is 344 g/mol. The number of hydrogen-bond acceptors (Lipinski definition) is 1. The number of nitrogens with zero attached hydrogens (tertiary/aromatic N) is 2. The molecule has 3 aromatic rings. The lowest BCUT2D eigenvalue weighted by atomic mass is 10.0. The Hall–Kier alpha value is -2.61. The molecule has 0 aliphatic heterocycles. The van der Waals surface area contributed by atoms with E-state index in [0.29, 0.717) is 5.92 Å². The number of rotatable bonds is 4. The van der Waals surface area contributed by atoms with Crippen molar-refractivity contribution in [1.29, 1.82) is 0 Å². The topological polar surface area (TPSA) is 17.3 Å². The van der Waals surface area contributed by atoms with E-state index in [4.69, 9.17) is 0 Å². The van der Waals surface area contributed by atoms with Gasteiger partial charge >= 0.3 is 0 Å². The molecule has 0 bridgehead atoms. The van der Waals surface area contributed by atoms with Crippen molar-refractivity contribution in [2.75, 3.05) is 0 Å². The van der Waals surface area contributed by atoms with Crippen LogP contribution in [0.25, 0.3) is 5.69 Å². The SMILES string of the molecule is Cc1ccc(-n2c(C)cc(C=Nc3ccc(C(C)C)cc3)c2C)cc1C. The van der Waals surface area contributed by atoms with Gasteiger partial charge in [0.1, 0.15) is 0 Å². The Morgan fingerprint density at radius 3 is 2.15 bits per heavy atom. The van der Waals surface area contributed by atoms with Crippen molar-refractivity contribution < 1.29 is 0 Å². The van der Waals surface area contributed by atoms with Gasteiger partial charge in [0.15, 0.2) is 0 Å². The highest BCUT2D eigenvalue weighted by atomic mass is 15.0. The molecule has 0 N–H and O–H groups in total. The Morgan fingerprint density at radius 1 is 0.846 bits per heavy atom. The second kappa shape index (κ2) is 7.33. The molecule has 134 valence electrons. The molecule has 2 heteroatoms. The largest absolute Gasteiger partial charge is 0.318 e. The predicted octanol–water partition coefficient (Wildman–Crippen LogP) is 6.58. The first-order valence-corrected chi connectivity index (χ1v) is 9.27. The van der Waals surface area contributed by atoms with E-state index >= 15 is 0 Å². The third kappa shape index (κ3) is 3.65. The molecule has 0 aliphatic rings. The minimum Gasteiger partial charge on any atom is -0.318 e. The molecule has 1 heterocycles. The fraction of sp³-hybridized carbons (Fsp3) is 0.292. The quantitative estimate of drug-likeness (QED) is 0.475. The lowest BCUT2D eigenvalue weighted by Crippen LogP contribution is -2.00. The van der Waals surface area contributed by atoms with Crippen molar-refractivity contribution in [2.45, 2.75) is 47.5 Å². The highest BCUT2D eigenvalue weighted by molar-refractivity contribution is 5.84. The van der Waals surface area contributed by atoms with Crippen LogP contribution in [0.1, 0.15) is 53.4 Å². The summed E-state index contributed by atoms with van der Waals surface area (Å²) in [5.74, 6) is 0.546. The third-order valence-corrected chi connectivity index (χ3v) is 5.13. The van der Waals surface area contributed by atoms with Gasteiger partial charge in [0.2, 0.25) is 0 Å². The van der Waals surface area contributed by atoms with Crippen molar-refractivity contribution in [3.63, 3.8) is 0 Å². The number of aromatic nitrogens is 1. The Bertz CT molecular complexity index is 941. The lowest BCUT2D eigenvalue weighted by molar-refractivity contribution is 0.867. The van der Waals surface area contributed by atoms with Gasteiger partial charge in [-0.15, -0.1) is 0 Å². The van der Waals surface area contributed by atoms with E-state index in [-0.39, 0.29) is 0 Å². The molecule has 3 rings (SSSR count). The molecule has 0 spiro atoms. The molecule has 0 saturated carbocycles. The van der Waals surface area contributed by atoms with Crippen LogP contribution in [0.2, 0.25) is 0 Å². The second-order valence-corrected chi connectivity index (χ2v) is 7.43. The summed E-state index contributed by atoms with van der Waals surface area (Å²) in [5.41, 5.74) is 9.79. The van der Waals surface area contributed by atoms with Crippen LogP contribution in [-0.2, 0) is 0 Å². The minimum atomic E-state index is 0.546. The lowest BCUT2D eigenvalue weighted by Gasteiger charge is -2.11. The van der Waals surface area contributed by atoms with E-state index in [0.717, 1.165) is 11.3 Å². The van der Waals surface area contributed by atoms with E-state index in [1.807, 2.05) is 6.21 Å². The summed E-state index contributed by atoms with van der Waals surface area (Å²) in [5, 5.41) is 0. The molecule has 0 fully saturated rings. The molecule has 0 saturated heterocycles. The Kier molecular flexibility index (Phi) is 5.13. The summed E-state index contributed by atoms with van der Waals surface area (Å²) in [4.78, 5) is 4.68. The highest BCUT2D eigenvalue weighted by Gasteiger charge is 2.10. The molecular formula is C24H28N2. The molecule has 2 nitrogen and oxygen atoms in total. The second-order valence-electron chi connectivity index (χ2n) is 7.43. The zero-order valence-electron chi connectivity index (χ0n) is 16.7. The van der Waals surface area contributed by atoms with Gasteiger partial charge in [0.25, 0.3) is 0 Å². The number of aliphatic imine (C=N–C) groups is 1. The van der Waals surface area contributed by atoms with Crippen LogP contribution in [0.4, 0.5) is 5.69 Å². The fourth-order valence-corrected chi connectivity index (χ4v) is 3.27. The van der Waals surface area contributed by atoms with Gasteiger partial charge in [0, 0.05) is 28.9 Å². The van der Waals surface area contributed by atoms with Gasteiger partial charge in [-0.1, -0.05) is 32.0 Å². The van der Waals surface area contributed by atoms with E-state index in [2.05, 4.69) is 99.6 Å². The van der Waals surface area contributed by atoms with Gasteiger partial charge in [-0.05, 0) is 80.6 Å². The molecule has 0 atom stereocenters. The Labute approximate surface area is 157 Å². The van der Waals surface area contributed by atoms with E-state index in [9.17, 15) is 0 Å². The molecule has 2 aromatic carbocycles. The van der Waals surface area contributed by atoms with Crippen LogP contribution in [0, 0.1) is 27.7 Å². The molecular weight excluding hydrogens is 316 g/mol. The standard InChI is InChI=1S/C24H28N2/c1-16(2)21-8-10-23(11-9-21)25-15-22-14-19(5)26(20(22)6)24-12-7-17(3)18(4)13-24/h7-16H,1-6H3. The summed E-state index contributed by atoms with van der Waals surface area (Å²) in [6.07, 6.45) is 1.98. The zero-order chi connectivity index (χ0) is 18.8. The average Bonchev–Trinajstić information content (AvgIpc) is 2.90. The van der Waals surface area contributed by atoms with Gasteiger partial charge in [-0.25, -0.2) is 0 Å². The fourth-order valence-electron chi connectivity index (χ4n) is 3.27. The van der Waals surface area contributed by atoms with Crippen molar-refractivity contribution in [1.82, 2.24) is 4.57 Å². The van der Waals surface area contributed by atoms with Crippen molar-refractivity contribution in [2.24, 2.45) is 4.99 Å². The number of benzene rings is 2. The van der Waals surface area contributed by atoms with Gasteiger partial charge in [0.05, 0.1) is 5.69 Å². The maximum atomic E-state index is 4.68. The first-order chi connectivity index (χ1) is 12.4. The van der Waals surface area contributed by atoms with E-state index < -0.39 is 0 Å². The third-order valence-electron chi connectivity index (χ3n) is 5.13. The summed E-state index contributed by atoms with van der Waals surface area (Å²) in [7, 11) is 0. The smallest absolute Gasteiger partial charge is 0.0630 e. The summed E-state index contributed by atoms with van der Waals surface area (Å²) < 4.78 is 2.30. The Balaban J connectivity index is 1.91. The van der Waals surface area contributed by atoms with Crippen molar-refractivity contribution in [3.05, 3.63) is 82.2 Å². The van der Waals surface area contributed by atoms with Gasteiger partial charge in [-0.2, -0.15) is 0 Å². The first-order valence-electron chi connectivity index (χ1n) is 9.27. The molecule has 1 aromatic heterocycles. The molecule has 0 amide bonds. The van der Waals surface area contributed by atoms with Crippen LogP contribution in [0.3, 0.4) is 0 Å². The predicted molar refractivity (Wildman–Crippen MR) is 113 cm³/mol. The summed E-state index contributed by atoms with van der Waals surface area (Å²) >= 11 is 0. The van der Waals surface area contributed by atoms with Crippen LogP contribution in [0.15, 0.2) is 53.5 Å².